The number of benzene rings is 2. The van der Waals surface area contributed by atoms with E-state index in [9.17, 15) is 22.8 Å². The van der Waals surface area contributed by atoms with Crippen LogP contribution in [-0.4, -0.2) is 19.0 Å². The molecule has 3 amide bonds. The highest BCUT2D eigenvalue weighted by Gasteiger charge is 2.38. The molecule has 1 heterocycles. The van der Waals surface area contributed by atoms with Gasteiger partial charge in [0.1, 0.15) is 11.7 Å². The van der Waals surface area contributed by atoms with Gasteiger partial charge in [0.25, 0.3) is 0 Å². The van der Waals surface area contributed by atoms with E-state index in [1.165, 1.54) is 19.2 Å². The van der Waals surface area contributed by atoms with E-state index < -0.39 is 35.6 Å². The maximum Gasteiger partial charge on any atom is 0.416 e. The van der Waals surface area contributed by atoms with Crippen molar-refractivity contribution in [2.75, 3.05) is 12.4 Å². The molecule has 2 atom stereocenters. The Bertz CT molecular complexity index is 942. The number of para-hydroxylation sites is 2. The molecule has 3 N–H and O–H groups in total. The average molecular weight is 405 g/mol. The molecule has 9 heteroatoms. The van der Waals surface area contributed by atoms with Gasteiger partial charge < -0.3 is 20.7 Å². The van der Waals surface area contributed by atoms with Gasteiger partial charge in [0, 0.05) is 5.70 Å². The van der Waals surface area contributed by atoms with Gasteiger partial charge in [-0.3, -0.25) is 4.79 Å². The van der Waals surface area contributed by atoms with Crippen molar-refractivity contribution < 1.29 is 27.5 Å². The lowest BCUT2D eigenvalue weighted by atomic mass is 9.87. The first-order chi connectivity index (χ1) is 13.7. The van der Waals surface area contributed by atoms with Crippen molar-refractivity contribution in [2.45, 2.75) is 12.2 Å². The van der Waals surface area contributed by atoms with E-state index in [-0.39, 0.29) is 5.70 Å². The Kier molecular flexibility index (Phi) is 5.49. The minimum absolute atomic E-state index is 0.131. The molecule has 0 aromatic heterocycles. The summed E-state index contributed by atoms with van der Waals surface area (Å²) in [6.45, 7) is 3.74. The summed E-state index contributed by atoms with van der Waals surface area (Å²) in [6, 6.07) is 9.53. The Labute approximate surface area is 164 Å². The normalized spacial score (nSPS) is 19.2. The standard InChI is InChI=1S/C20H18F3N3O3/c1-11-16(18(27)25-14-5-3-4-6-15(14)29-2)17(26-19(28)24-11)12-7-9-13(10-8-12)20(21,22)23/h3-10,16-17H,1H2,2H3,(H,25,27)(H2,24,26,28)/t16-,17+/m0/s1. The van der Waals surface area contributed by atoms with Crippen LogP contribution in [0.25, 0.3) is 0 Å². The van der Waals surface area contributed by atoms with E-state index >= 15 is 0 Å². The van der Waals surface area contributed by atoms with Crippen LogP contribution in [-0.2, 0) is 11.0 Å². The molecule has 2 aromatic carbocycles. The highest BCUT2D eigenvalue weighted by atomic mass is 19.4. The fourth-order valence-electron chi connectivity index (χ4n) is 3.11. The second-order valence-corrected chi connectivity index (χ2v) is 6.39. The highest BCUT2D eigenvalue weighted by Crippen LogP contribution is 2.34. The van der Waals surface area contributed by atoms with Gasteiger partial charge >= 0.3 is 12.2 Å². The van der Waals surface area contributed by atoms with Crippen LogP contribution in [0.3, 0.4) is 0 Å². The lowest BCUT2D eigenvalue weighted by molar-refractivity contribution is -0.137. The van der Waals surface area contributed by atoms with E-state index in [1.54, 1.807) is 24.3 Å². The van der Waals surface area contributed by atoms with Crippen LogP contribution in [0.15, 0.2) is 60.8 Å². The van der Waals surface area contributed by atoms with Crippen molar-refractivity contribution in [3.63, 3.8) is 0 Å². The number of alkyl halides is 3. The first-order valence-corrected chi connectivity index (χ1v) is 8.58. The molecule has 29 heavy (non-hydrogen) atoms. The van der Waals surface area contributed by atoms with E-state index in [0.717, 1.165) is 12.1 Å². The molecule has 1 aliphatic rings. The fraction of sp³-hybridized carbons (Fsp3) is 0.200. The summed E-state index contributed by atoms with van der Waals surface area (Å²) in [7, 11) is 1.46. The Morgan fingerprint density at radius 1 is 1.14 bits per heavy atom. The van der Waals surface area contributed by atoms with Crippen molar-refractivity contribution in [2.24, 2.45) is 5.92 Å². The summed E-state index contributed by atoms with van der Waals surface area (Å²) in [5.74, 6) is -1.03. The van der Waals surface area contributed by atoms with E-state index in [0.29, 0.717) is 17.0 Å². The van der Waals surface area contributed by atoms with Crippen LogP contribution in [0.1, 0.15) is 17.2 Å². The first-order valence-electron chi connectivity index (χ1n) is 8.58. The van der Waals surface area contributed by atoms with Crippen LogP contribution >= 0.6 is 0 Å². The Balaban J connectivity index is 1.90. The van der Waals surface area contributed by atoms with Gasteiger partial charge in [-0.1, -0.05) is 30.8 Å². The first kappa shape index (κ1) is 20.2. The van der Waals surface area contributed by atoms with Crippen molar-refractivity contribution in [1.82, 2.24) is 10.6 Å². The van der Waals surface area contributed by atoms with Crippen LogP contribution in [0.2, 0.25) is 0 Å². The molecule has 1 fully saturated rings. The molecular formula is C20H18F3N3O3. The van der Waals surface area contributed by atoms with Gasteiger partial charge in [-0.05, 0) is 29.8 Å². The maximum atomic E-state index is 13.0. The molecule has 2 aromatic rings. The molecule has 6 nitrogen and oxygen atoms in total. The largest absolute Gasteiger partial charge is 0.495 e. The van der Waals surface area contributed by atoms with Crippen molar-refractivity contribution in [3.05, 3.63) is 71.9 Å². The Morgan fingerprint density at radius 3 is 2.41 bits per heavy atom. The van der Waals surface area contributed by atoms with Crippen LogP contribution in [0, 0.1) is 5.92 Å². The molecule has 0 saturated carbocycles. The summed E-state index contributed by atoms with van der Waals surface area (Å²) in [6.07, 6.45) is -4.49. The molecule has 0 aliphatic carbocycles. The van der Waals surface area contributed by atoms with Gasteiger partial charge in [0.15, 0.2) is 0 Å². The van der Waals surface area contributed by atoms with Crippen molar-refractivity contribution in [3.8, 4) is 5.75 Å². The number of hydrogen-bond donors (Lipinski definition) is 3. The summed E-state index contributed by atoms with van der Waals surface area (Å²) in [5, 5.41) is 7.74. The fourth-order valence-corrected chi connectivity index (χ4v) is 3.11. The topological polar surface area (TPSA) is 79.5 Å². The number of methoxy groups -OCH3 is 1. The molecule has 1 saturated heterocycles. The summed E-state index contributed by atoms with van der Waals surface area (Å²) in [5.41, 5.74) is 0.0615. The zero-order valence-corrected chi connectivity index (χ0v) is 15.3. The lowest BCUT2D eigenvalue weighted by Gasteiger charge is -2.34. The van der Waals surface area contributed by atoms with Gasteiger partial charge in [0.05, 0.1) is 24.4 Å². The number of carbonyl (C=O) groups excluding carboxylic acids is 2. The number of rotatable bonds is 4. The van der Waals surface area contributed by atoms with Crippen molar-refractivity contribution >= 4 is 17.6 Å². The minimum Gasteiger partial charge on any atom is -0.495 e. The second-order valence-electron chi connectivity index (χ2n) is 6.39. The molecule has 0 spiro atoms. The molecular weight excluding hydrogens is 387 g/mol. The zero-order chi connectivity index (χ0) is 21.2. The second kappa shape index (κ2) is 7.86. The van der Waals surface area contributed by atoms with Gasteiger partial charge in [-0.2, -0.15) is 13.2 Å². The quantitative estimate of drug-likeness (QED) is 0.723. The third-order valence-corrected chi connectivity index (χ3v) is 4.51. The Hall–Kier alpha value is -3.49. The summed E-state index contributed by atoms with van der Waals surface area (Å²) in [4.78, 5) is 24.9. The van der Waals surface area contributed by atoms with Crippen LogP contribution < -0.4 is 20.7 Å². The van der Waals surface area contributed by atoms with Crippen LogP contribution in [0.4, 0.5) is 23.7 Å². The SMILES string of the molecule is C=C1NC(=O)N[C@H](c2ccc(C(F)(F)F)cc2)[C@H]1C(=O)Nc1ccccc1OC. The summed E-state index contributed by atoms with van der Waals surface area (Å²) >= 11 is 0. The van der Waals surface area contributed by atoms with Gasteiger partial charge in [-0.15, -0.1) is 0 Å². The average Bonchev–Trinajstić information content (AvgIpc) is 2.67. The predicted molar refractivity (Wildman–Crippen MR) is 100 cm³/mol. The Morgan fingerprint density at radius 2 is 1.79 bits per heavy atom. The third-order valence-electron chi connectivity index (χ3n) is 4.51. The third kappa shape index (κ3) is 4.34. The number of nitrogens with one attached hydrogen (secondary N) is 3. The zero-order valence-electron chi connectivity index (χ0n) is 15.3. The number of amides is 3. The van der Waals surface area contributed by atoms with E-state index in [2.05, 4.69) is 22.5 Å². The maximum absolute atomic E-state index is 13.0. The molecule has 0 unspecified atom stereocenters. The number of urea groups is 1. The number of anilines is 1. The number of hydrogen-bond acceptors (Lipinski definition) is 3. The lowest BCUT2D eigenvalue weighted by Crippen LogP contribution is -2.51. The van der Waals surface area contributed by atoms with E-state index in [1.807, 2.05) is 0 Å². The summed E-state index contributed by atoms with van der Waals surface area (Å²) < 4.78 is 43.7. The van der Waals surface area contributed by atoms with Gasteiger partial charge in [0.2, 0.25) is 5.91 Å². The highest BCUT2D eigenvalue weighted by molar-refractivity contribution is 5.98. The predicted octanol–water partition coefficient (Wildman–Crippen LogP) is 3.84. The number of halogens is 3. The monoisotopic (exact) mass is 405 g/mol. The molecule has 152 valence electrons. The molecule has 0 radical (unpaired) electrons. The molecule has 3 rings (SSSR count). The molecule has 0 bridgehead atoms. The number of ether oxygens (including phenoxy) is 1. The molecule has 1 aliphatic heterocycles. The van der Waals surface area contributed by atoms with Gasteiger partial charge in [-0.25, -0.2) is 4.79 Å². The number of carbonyl (C=O) groups is 2. The van der Waals surface area contributed by atoms with Crippen LogP contribution in [0.5, 0.6) is 5.75 Å². The van der Waals surface area contributed by atoms with E-state index in [4.69, 9.17) is 4.74 Å². The minimum atomic E-state index is -4.49. The van der Waals surface area contributed by atoms with Crippen molar-refractivity contribution in [1.29, 1.82) is 0 Å². The smallest absolute Gasteiger partial charge is 0.416 e.